The van der Waals surface area contributed by atoms with Crippen LogP contribution in [-0.4, -0.2) is 10.7 Å². The van der Waals surface area contributed by atoms with Gasteiger partial charge in [0.25, 0.3) is 0 Å². The summed E-state index contributed by atoms with van der Waals surface area (Å²) >= 11 is 5.72. The third-order valence-electron chi connectivity index (χ3n) is 1.48. The van der Waals surface area contributed by atoms with E-state index in [4.69, 9.17) is 11.6 Å². The van der Waals surface area contributed by atoms with Crippen molar-refractivity contribution < 1.29 is 5.11 Å². The summed E-state index contributed by atoms with van der Waals surface area (Å²) in [6.07, 6.45) is 0. The van der Waals surface area contributed by atoms with Crippen molar-refractivity contribution >= 4 is 11.6 Å². The first-order valence-electron chi connectivity index (χ1n) is 4.48. The highest BCUT2D eigenvalue weighted by molar-refractivity contribution is 6.30. The monoisotopic (exact) mass is 218 g/mol. The Labute approximate surface area is 95.1 Å². The quantitative estimate of drug-likeness (QED) is 0.664. The molecular weight excluding hydrogens is 208 g/mol. The fourth-order valence-corrected chi connectivity index (χ4v) is 0.947. The molecule has 1 rings (SSSR count). The largest absolute Gasteiger partial charge is 0.378 e. The van der Waals surface area contributed by atoms with Crippen LogP contribution in [0.1, 0.15) is 19.4 Å². The van der Waals surface area contributed by atoms with Gasteiger partial charge >= 0.3 is 0 Å². The van der Waals surface area contributed by atoms with Gasteiger partial charge in [-0.05, 0) is 50.0 Å². The summed E-state index contributed by atoms with van der Waals surface area (Å²) in [5, 5.41) is 9.98. The molecule has 15 heavy (non-hydrogen) atoms. The Morgan fingerprint density at radius 2 is 1.73 bits per heavy atom. The van der Waals surface area contributed by atoms with Crippen molar-refractivity contribution in [1.29, 1.82) is 0 Å². The lowest BCUT2D eigenvalue weighted by Gasteiger charge is -2.04. The van der Waals surface area contributed by atoms with Gasteiger partial charge in [0.15, 0.2) is 0 Å². The summed E-state index contributed by atoms with van der Waals surface area (Å²) in [6, 6.07) is 7.19. The van der Waals surface area contributed by atoms with E-state index >= 15 is 0 Å². The van der Waals surface area contributed by atoms with Crippen molar-refractivity contribution in [2.75, 3.05) is 0 Å². The first kappa shape index (κ1) is 11.7. The van der Waals surface area contributed by atoms with E-state index in [1.54, 1.807) is 26.0 Å². The number of rotatable bonds is 0. The van der Waals surface area contributed by atoms with Crippen molar-refractivity contribution in [3.05, 3.63) is 34.9 Å². The van der Waals surface area contributed by atoms with Gasteiger partial charge in [0.05, 0.1) is 0 Å². The minimum absolute atomic E-state index is 0.683. The molecule has 0 fully saturated rings. The van der Waals surface area contributed by atoms with Gasteiger partial charge in [-0.1, -0.05) is 23.4 Å². The van der Waals surface area contributed by atoms with Crippen LogP contribution < -0.4 is 0 Å². The molecule has 0 aromatic heterocycles. The number of halogens is 1. The average molecular weight is 219 g/mol. The second kappa shape index (κ2) is 4.89. The maximum absolute atomic E-state index is 9.29. The van der Waals surface area contributed by atoms with E-state index in [1.807, 2.05) is 12.1 Å². The van der Waals surface area contributed by atoms with E-state index in [9.17, 15) is 5.11 Å². The lowest BCUT2D eigenvalue weighted by atomic mass is 10.1. The Kier molecular flexibility index (Phi) is 3.81. The molecule has 1 aromatic rings. The van der Waals surface area contributed by atoms with Crippen LogP contribution in [0, 0.1) is 23.7 Å². The second-order valence-electron chi connectivity index (χ2n) is 3.57. The van der Waals surface area contributed by atoms with E-state index in [2.05, 4.69) is 23.7 Å². The maximum atomic E-state index is 9.29. The molecule has 0 spiro atoms. The lowest BCUT2D eigenvalue weighted by Crippen LogP contribution is -2.14. The molecule has 0 radical (unpaired) electrons. The molecule has 1 nitrogen and oxygen atoms in total. The van der Waals surface area contributed by atoms with E-state index in [1.165, 1.54) is 0 Å². The molecular formula is C13H11ClO. The molecule has 0 aliphatic rings. The predicted octanol–water partition coefficient (Wildman–Crippen LogP) is 2.47. The second-order valence-corrected chi connectivity index (χ2v) is 4.00. The van der Waals surface area contributed by atoms with Gasteiger partial charge in [-0.15, -0.1) is 0 Å². The number of benzene rings is 1. The third-order valence-corrected chi connectivity index (χ3v) is 1.73. The summed E-state index contributed by atoms with van der Waals surface area (Å²) in [5.74, 6) is 10.7. The van der Waals surface area contributed by atoms with Crippen molar-refractivity contribution in [2.45, 2.75) is 19.4 Å². The van der Waals surface area contributed by atoms with Crippen LogP contribution >= 0.6 is 11.6 Å². The molecule has 0 amide bonds. The minimum Gasteiger partial charge on any atom is -0.378 e. The van der Waals surface area contributed by atoms with Crippen LogP contribution in [0.5, 0.6) is 0 Å². The highest BCUT2D eigenvalue weighted by atomic mass is 35.5. The van der Waals surface area contributed by atoms with E-state index < -0.39 is 5.60 Å². The van der Waals surface area contributed by atoms with Crippen LogP contribution in [0.3, 0.4) is 0 Å². The summed E-state index contributed by atoms with van der Waals surface area (Å²) in [7, 11) is 0. The van der Waals surface area contributed by atoms with Gasteiger partial charge in [-0.3, -0.25) is 0 Å². The maximum Gasteiger partial charge on any atom is 0.120 e. The van der Waals surface area contributed by atoms with Crippen molar-refractivity contribution in [2.24, 2.45) is 0 Å². The molecule has 76 valence electrons. The van der Waals surface area contributed by atoms with Crippen molar-refractivity contribution in [1.82, 2.24) is 0 Å². The molecule has 0 heterocycles. The standard InChI is InChI=1S/C13H11ClO/c1-13(2,15)10-4-3-5-11-6-8-12(14)9-7-11/h6-9,15H,1-2H3. The van der Waals surface area contributed by atoms with Gasteiger partial charge in [-0.2, -0.15) is 0 Å². The third kappa shape index (κ3) is 5.13. The summed E-state index contributed by atoms with van der Waals surface area (Å²) < 4.78 is 0. The molecule has 1 aromatic carbocycles. The lowest BCUT2D eigenvalue weighted by molar-refractivity contribution is 0.143. The highest BCUT2D eigenvalue weighted by Gasteiger charge is 2.04. The summed E-state index contributed by atoms with van der Waals surface area (Å²) in [4.78, 5) is 0. The zero-order valence-corrected chi connectivity index (χ0v) is 9.39. The van der Waals surface area contributed by atoms with Gasteiger partial charge in [0, 0.05) is 10.6 Å². The molecule has 0 saturated heterocycles. The fraction of sp³-hybridized carbons (Fsp3) is 0.231. The van der Waals surface area contributed by atoms with E-state index in [0.717, 1.165) is 5.56 Å². The Hall–Kier alpha value is -1.41. The van der Waals surface area contributed by atoms with Crippen LogP contribution in [0.4, 0.5) is 0 Å². The first-order valence-corrected chi connectivity index (χ1v) is 4.86. The van der Waals surface area contributed by atoms with Gasteiger partial charge in [0.2, 0.25) is 0 Å². The molecule has 0 aliphatic heterocycles. The molecule has 2 heteroatoms. The van der Waals surface area contributed by atoms with Crippen LogP contribution in [0.2, 0.25) is 5.02 Å². The zero-order chi connectivity index (χ0) is 11.3. The van der Waals surface area contributed by atoms with E-state index in [0.29, 0.717) is 5.02 Å². The minimum atomic E-state index is -0.991. The molecule has 0 aliphatic carbocycles. The summed E-state index contributed by atoms with van der Waals surface area (Å²) in [6.45, 7) is 3.23. The number of hydrogen-bond acceptors (Lipinski definition) is 1. The molecule has 0 bridgehead atoms. The molecule has 0 saturated carbocycles. The normalized spacial score (nSPS) is 9.60. The van der Waals surface area contributed by atoms with Crippen LogP contribution in [0.15, 0.2) is 24.3 Å². The Morgan fingerprint density at radius 3 is 2.27 bits per heavy atom. The fourth-order valence-electron chi connectivity index (χ4n) is 0.821. The molecule has 0 unspecified atom stereocenters. The molecule has 0 atom stereocenters. The van der Waals surface area contributed by atoms with E-state index in [-0.39, 0.29) is 0 Å². The van der Waals surface area contributed by atoms with Crippen LogP contribution in [0.25, 0.3) is 0 Å². The Balaban J connectivity index is 2.74. The topological polar surface area (TPSA) is 20.2 Å². The molecule has 1 N–H and O–H groups in total. The number of aliphatic hydroxyl groups is 1. The highest BCUT2D eigenvalue weighted by Crippen LogP contribution is 2.08. The smallest absolute Gasteiger partial charge is 0.120 e. The average Bonchev–Trinajstić information content (AvgIpc) is 2.14. The Morgan fingerprint density at radius 1 is 1.13 bits per heavy atom. The number of hydrogen-bond donors (Lipinski definition) is 1. The van der Waals surface area contributed by atoms with Crippen molar-refractivity contribution in [3.63, 3.8) is 0 Å². The predicted molar refractivity (Wildman–Crippen MR) is 62.4 cm³/mol. The zero-order valence-electron chi connectivity index (χ0n) is 8.63. The van der Waals surface area contributed by atoms with Gasteiger partial charge in [-0.25, -0.2) is 0 Å². The van der Waals surface area contributed by atoms with Crippen LogP contribution in [-0.2, 0) is 0 Å². The van der Waals surface area contributed by atoms with Gasteiger partial charge < -0.3 is 5.11 Å². The Bertz CT molecular complexity index is 444. The van der Waals surface area contributed by atoms with Gasteiger partial charge in [0.1, 0.15) is 5.60 Å². The van der Waals surface area contributed by atoms with Crippen molar-refractivity contribution in [3.8, 4) is 23.7 Å². The SMILES string of the molecule is CC(C)(O)C#CC#Cc1ccc(Cl)cc1. The summed E-state index contributed by atoms with van der Waals surface area (Å²) in [5.41, 5.74) is -0.140. The first-order chi connectivity index (χ1) is 6.97.